The number of aryl methyl sites for hydroxylation is 1. The van der Waals surface area contributed by atoms with Crippen molar-refractivity contribution in [2.75, 3.05) is 11.4 Å². The van der Waals surface area contributed by atoms with Gasteiger partial charge in [-0.25, -0.2) is 0 Å². The topological polar surface area (TPSA) is 41.9 Å². The van der Waals surface area contributed by atoms with E-state index in [-0.39, 0.29) is 5.91 Å². The van der Waals surface area contributed by atoms with E-state index in [9.17, 15) is 4.79 Å². The Morgan fingerprint density at radius 2 is 2.07 bits per heavy atom. The molecule has 0 unspecified atom stereocenters. The second-order valence-corrected chi connectivity index (χ2v) is 8.41. The number of halogens is 2. The molecule has 29 heavy (non-hydrogen) atoms. The van der Waals surface area contributed by atoms with Crippen molar-refractivity contribution >= 4 is 68.8 Å². The Hall–Kier alpha value is -1.77. The van der Waals surface area contributed by atoms with Gasteiger partial charge < -0.3 is 4.74 Å². The summed E-state index contributed by atoms with van der Waals surface area (Å²) in [6.07, 6.45) is 4.32. The van der Waals surface area contributed by atoms with Gasteiger partial charge in [0.05, 0.1) is 21.9 Å². The molecule has 2 aromatic carbocycles. The van der Waals surface area contributed by atoms with E-state index in [1.54, 1.807) is 27.4 Å². The number of anilines is 1. The summed E-state index contributed by atoms with van der Waals surface area (Å²) in [5.41, 5.74) is 2.72. The van der Waals surface area contributed by atoms with Gasteiger partial charge in [0.15, 0.2) is 5.17 Å². The van der Waals surface area contributed by atoms with Crippen molar-refractivity contribution in [1.82, 2.24) is 0 Å². The van der Waals surface area contributed by atoms with Gasteiger partial charge in [0, 0.05) is 10.6 Å². The van der Waals surface area contributed by atoms with Crippen LogP contribution in [0.4, 0.5) is 5.69 Å². The summed E-state index contributed by atoms with van der Waals surface area (Å²) in [6, 6.07) is 13.3. The van der Waals surface area contributed by atoms with Crippen LogP contribution in [0.3, 0.4) is 0 Å². The maximum atomic E-state index is 13.2. The lowest BCUT2D eigenvalue weighted by molar-refractivity contribution is -0.113. The number of hydrogen-bond donors (Lipinski definition) is 0. The number of benzene rings is 2. The molecule has 0 spiro atoms. The number of ether oxygens (including phenoxy) is 1. The van der Waals surface area contributed by atoms with Crippen LogP contribution >= 0.6 is 46.0 Å². The minimum Gasteiger partial charge on any atom is -0.463 e. The Labute approximate surface area is 193 Å². The van der Waals surface area contributed by atoms with Gasteiger partial charge >= 0.3 is 0 Å². The van der Waals surface area contributed by atoms with Crippen molar-refractivity contribution in [2.45, 2.75) is 20.3 Å². The van der Waals surface area contributed by atoms with E-state index >= 15 is 0 Å². The number of hydrogen-bond acceptors (Lipinski definition) is 4. The van der Waals surface area contributed by atoms with Crippen LogP contribution in [0.15, 0.2) is 62.7 Å². The quantitative estimate of drug-likeness (QED) is 0.230. The zero-order chi connectivity index (χ0) is 20.8. The van der Waals surface area contributed by atoms with Crippen molar-refractivity contribution in [2.24, 2.45) is 4.99 Å². The van der Waals surface area contributed by atoms with Crippen LogP contribution in [-0.2, 0) is 4.79 Å². The van der Waals surface area contributed by atoms with Gasteiger partial charge in [0.2, 0.25) is 0 Å². The summed E-state index contributed by atoms with van der Waals surface area (Å²) in [5, 5.41) is 1.19. The average Bonchev–Trinajstić information content (AvgIpc) is 3.01. The zero-order valence-corrected chi connectivity index (χ0v) is 19.8. The van der Waals surface area contributed by atoms with Crippen molar-refractivity contribution in [3.05, 3.63) is 73.9 Å². The lowest BCUT2D eigenvalue weighted by Gasteiger charge is -2.17. The number of nitrogens with zero attached hydrogens (tertiary/aromatic N) is 2. The van der Waals surface area contributed by atoms with Gasteiger partial charge in [-0.1, -0.05) is 42.8 Å². The average molecular weight is 539 g/mol. The molecular formula is C22H20ClIN2O2S. The molecule has 1 aliphatic rings. The molecule has 1 amide bonds. The molecule has 0 saturated carbocycles. The number of rotatable bonds is 6. The van der Waals surface area contributed by atoms with Gasteiger partial charge in [-0.05, 0) is 83.1 Å². The monoisotopic (exact) mass is 538 g/mol. The number of thioether (sulfide) groups is 1. The summed E-state index contributed by atoms with van der Waals surface area (Å²) >= 11 is 9.78. The van der Waals surface area contributed by atoms with Crippen LogP contribution in [0.2, 0.25) is 5.02 Å². The van der Waals surface area contributed by atoms with Crippen LogP contribution in [-0.4, -0.2) is 17.6 Å². The highest BCUT2D eigenvalue weighted by atomic mass is 127. The summed E-state index contributed by atoms with van der Waals surface area (Å²) in [6.45, 7) is 4.74. The standard InChI is InChI=1S/C22H20ClIN2O2S/c1-3-11-25-22-26(18-7-5-4-6-15(18)2)21(27)20(29-22)14-16-8-9-19(17(23)13-16)28-12-10-24/h4-10,12-14H,3,11H2,1-2H3/b12-10+,20-14+,25-22?. The van der Waals surface area contributed by atoms with Gasteiger partial charge in [-0.3, -0.25) is 14.7 Å². The molecule has 7 heteroatoms. The van der Waals surface area contributed by atoms with Crippen LogP contribution in [0.1, 0.15) is 24.5 Å². The van der Waals surface area contributed by atoms with Crippen LogP contribution in [0.25, 0.3) is 6.08 Å². The number of amides is 1. The molecule has 4 nitrogen and oxygen atoms in total. The summed E-state index contributed by atoms with van der Waals surface area (Å²) < 4.78 is 7.20. The van der Waals surface area contributed by atoms with E-state index < -0.39 is 0 Å². The second kappa shape index (κ2) is 10.3. The third-order valence-corrected chi connectivity index (χ3v) is 5.73. The molecule has 0 bridgehead atoms. The molecule has 0 aliphatic carbocycles. The Morgan fingerprint density at radius 3 is 2.76 bits per heavy atom. The van der Waals surface area contributed by atoms with Crippen molar-refractivity contribution in [3.63, 3.8) is 0 Å². The molecule has 0 atom stereocenters. The normalized spacial score (nSPS) is 17.1. The number of aliphatic imine (C=N–C) groups is 1. The van der Waals surface area contributed by atoms with Crippen LogP contribution in [0, 0.1) is 6.92 Å². The summed E-state index contributed by atoms with van der Waals surface area (Å²) in [7, 11) is 0. The molecule has 150 valence electrons. The molecule has 1 saturated heterocycles. The number of carbonyl (C=O) groups excluding carboxylic acids is 1. The number of para-hydroxylation sites is 1. The maximum Gasteiger partial charge on any atom is 0.271 e. The molecule has 1 fully saturated rings. The lowest BCUT2D eigenvalue weighted by Crippen LogP contribution is -2.29. The Kier molecular flexibility index (Phi) is 7.80. The first-order chi connectivity index (χ1) is 14.0. The maximum absolute atomic E-state index is 13.2. The van der Waals surface area contributed by atoms with Gasteiger partial charge in [-0.2, -0.15) is 0 Å². The van der Waals surface area contributed by atoms with Gasteiger partial charge in [0.25, 0.3) is 5.91 Å². The van der Waals surface area contributed by atoms with E-state index in [1.807, 2.05) is 43.3 Å². The van der Waals surface area contributed by atoms with E-state index in [2.05, 4.69) is 34.5 Å². The Bertz CT molecular complexity index is 1000. The molecule has 0 radical (unpaired) electrons. The highest BCUT2D eigenvalue weighted by molar-refractivity contribution is 14.1. The first-order valence-corrected chi connectivity index (χ1v) is 11.5. The van der Waals surface area contributed by atoms with Crippen LogP contribution in [0.5, 0.6) is 5.75 Å². The SMILES string of the molecule is CCCN=C1S/C(=C/c2ccc(O/C=C/I)c(Cl)c2)C(=O)N1c1ccccc1C. The van der Waals surface area contributed by atoms with E-state index in [0.717, 1.165) is 23.2 Å². The largest absolute Gasteiger partial charge is 0.463 e. The summed E-state index contributed by atoms with van der Waals surface area (Å²) in [5.74, 6) is 0.488. The smallest absolute Gasteiger partial charge is 0.271 e. The molecule has 1 aliphatic heterocycles. The van der Waals surface area contributed by atoms with Crippen molar-refractivity contribution in [1.29, 1.82) is 0 Å². The Balaban J connectivity index is 1.95. The fraction of sp³-hybridized carbons (Fsp3) is 0.182. The third kappa shape index (κ3) is 5.24. The van der Waals surface area contributed by atoms with E-state index in [4.69, 9.17) is 16.3 Å². The highest BCUT2D eigenvalue weighted by Gasteiger charge is 2.35. The van der Waals surface area contributed by atoms with Crippen molar-refractivity contribution in [3.8, 4) is 5.75 Å². The fourth-order valence-corrected chi connectivity index (χ4v) is 4.14. The fourth-order valence-electron chi connectivity index (χ4n) is 2.77. The van der Waals surface area contributed by atoms with Crippen molar-refractivity contribution < 1.29 is 9.53 Å². The first kappa shape index (κ1) is 21.9. The van der Waals surface area contributed by atoms with Gasteiger partial charge in [-0.15, -0.1) is 0 Å². The lowest BCUT2D eigenvalue weighted by atomic mass is 10.1. The number of amidine groups is 1. The molecule has 0 N–H and O–H groups in total. The first-order valence-electron chi connectivity index (χ1n) is 9.10. The molecule has 1 heterocycles. The van der Waals surface area contributed by atoms with Crippen LogP contribution < -0.4 is 9.64 Å². The third-order valence-electron chi connectivity index (χ3n) is 4.13. The molecule has 2 aromatic rings. The predicted octanol–water partition coefficient (Wildman–Crippen LogP) is 6.82. The van der Waals surface area contributed by atoms with Gasteiger partial charge in [0.1, 0.15) is 5.75 Å². The minimum absolute atomic E-state index is 0.0801. The highest BCUT2D eigenvalue weighted by Crippen LogP contribution is 2.38. The summed E-state index contributed by atoms with van der Waals surface area (Å²) in [4.78, 5) is 20.2. The predicted molar refractivity (Wildman–Crippen MR) is 132 cm³/mol. The van der Waals surface area contributed by atoms with E-state index in [1.165, 1.54) is 11.8 Å². The molecule has 3 rings (SSSR count). The molecule has 0 aromatic heterocycles. The minimum atomic E-state index is -0.0801. The number of carbonyl (C=O) groups is 1. The van der Waals surface area contributed by atoms with E-state index in [0.29, 0.717) is 27.4 Å². The zero-order valence-electron chi connectivity index (χ0n) is 16.1. The Morgan fingerprint density at radius 1 is 1.28 bits per heavy atom. The second-order valence-electron chi connectivity index (χ2n) is 6.27. The molecular weight excluding hydrogens is 519 g/mol.